The lowest BCUT2D eigenvalue weighted by molar-refractivity contribution is -0.122. The van der Waals surface area contributed by atoms with Crippen LogP contribution < -0.4 is 0 Å². The molecule has 0 amide bonds. The third-order valence-corrected chi connectivity index (χ3v) is 5.49. The Morgan fingerprint density at radius 2 is 2.12 bits per heavy atom. The van der Waals surface area contributed by atoms with Gasteiger partial charge in [0.2, 0.25) is 0 Å². The minimum Gasteiger partial charge on any atom is -0.392 e. The van der Waals surface area contributed by atoms with Crippen molar-refractivity contribution in [2.24, 2.45) is 11.8 Å². The number of hydrogen-bond acceptors (Lipinski definition) is 4. The minimum atomic E-state index is -0.588. The summed E-state index contributed by atoms with van der Waals surface area (Å²) in [5.41, 5.74) is 1.45. The molecular weight excluding hydrogens is 316 g/mol. The number of carbonyl (C=O) groups is 1. The van der Waals surface area contributed by atoms with Crippen LogP contribution in [0.1, 0.15) is 66.2 Å². The molecule has 1 saturated heterocycles. The molecule has 2 unspecified atom stereocenters. The molecule has 144 valence electrons. The molecule has 0 aliphatic carbocycles. The molecular formula is C21H36O4. The average molecular weight is 353 g/mol. The van der Waals surface area contributed by atoms with Gasteiger partial charge in [-0.1, -0.05) is 39.0 Å². The van der Waals surface area contributed by atoms with Crippen LogP contribution >= 0.6 is 0 Å². The summed E-state index contributed by atoms with van der Waals surface area (Å²) < 4.78 is 5.98. The van der Waals surface area contributed by atoms with Gasteiger partial charge in [0.1, 0.15) is 5.78 Å². The Kier molecular flexibility index (Phi) is 9.04. The fraction of sp³-hybridized carbons (Fsp3) is 0.762. The number of ether oxygens (including phenoxy) is 1. The summed E-state index contributed by atoms with van der Waals surface area (Å²) in [6.07, 6.45) is 5.47. The van der Waals surface area contributed by atoms with Crippen molar-refractivity contribution in [3.8, 4) is 0 Å². The van der Waals surface area contributed by atoms with Gasteiger partial charge < -0.3 is 14.9 Å². The van der Waals surface area contributed by atoms with E-state index in [2.05, 4.69) is 20.4 Å². The Bertz CT molecular complexity index is 480. The highest BCUT2D eigenvalue weighted by Crippen LogP contribution is 2.32. The van der Waals surface area contributed by atoms with E-state index in [1.165, 1.54) is 0 Å². The summed E-state index contributed by atoms with van der Waals surface area (Å²) >= 11 is 0. The van der Waals surface area contributed by atoms with Crippen LogP contribution in [0.4, 0.5) is 0 Å². The highest BCUT2D eigenvalue weighted by Gasteiger charge is 2.36. The molecule has 1 rings (SSSR count). The van der Waals surface area contributed by atoms with Gasteiger partial charge in [-0.15, -0.1) is 0 Å². The lowest BCUT2D eigenvalue weighted by Gasteiger charge is -2.33. The molecule has 0 aromatic carbocycles. The van der Waals surface area contributed by atoms with Crippen molar-refractivity contribution >= 4 is 5.78 Å². The van der Waals surface area contributed by atoms with Crippen LogP contribution in [0.15, 0.2) is 23.8 Å². The Morgan fingerprint density at radius 3 is 2.72 bits per heavy atom. The van der Waals surface area contributed by atoms with E-state index in [-0.39, 0.29) is 18.3 Å². The molecule has 3 atom stereocenters. The zero-order chi connectivity index (χ0) is 19.0. The lowest BCUT2D eigenvalue weighted by Crippen LogP contribution is -2.41. The van der Waals surface area contributed by atoms with Gasteiger partial charge in [0, 0.05) is 12.3 Å². The SMILES string of the molecule is C=C(CC(=O)C(C)CCCC1(C)OC/C(=C/CO)CC[C@H]1O)C(C)C. The third-order valence-electron chi connectivity index (χ3n) is 5.49. The molecule has 1 fully saturated rings. The number of rotatable bonds is 9. The first-order chi connectivity index (χ1) is 11.7. The molecule has 1 aliphatic heterocycles. The van der Waals surface area contributed by atoms with Crippen molar-refractivity contribution in [2.45, 2.75) is 77.9 Å². The van der Waals surface area contributed by atoms with Crippen LogP contribution in [0.3, 0.4) is 0 Å². The van der Waals surface area contributed by atoms with Gasteiger partial charge in [-0.05, 0) is 50.5 Å². The number of aliphatic hydroxyl groups excluding tert-OH is 2. The first-order valence-electron chi connectivity index (χ1n) is 9.50. The van der Waals surface area contributed by atoms with Crippen molar-refractivity contribution in [3.63, 3.8) is 0 Å². The van der Waals surface area contributed by atoms with E-state index in [1.807, 2.05) is 13.8 Å². The van der Waals surface area contributed by atoms with Crippen LogP contribution in [-0.2, 0) is 9.53 Å². The molecule has 4 nitrogen and oxygen atoms in total. The van der Waals surface area contributed by atoms with Crippen molar-refractivity contribution in [3.05, 3.63) is 23.8 Å². The largest absolute Gasteiger partial charge is 0.392 e. The second-order valence-corrected chi connectivity index (χ2v) is 7.95. The summed E-state index contributed by atoms with van der Waals surface area (Å²) in [5, 5.41) is 19.5. The normalized spacial score (nSPS) is 27.3. The summed E-state index contributed by atoms with van der Waals surface area (Å²) in [7, 11) is 0. The first kappa shape index (κ1) is 22.1. The first-order valence-corrected chi connectivity index (χ1v) is 9.50. The van der Waals surface area contributed by atoms with Crippen LogP contribution in [0, 0.1) is 11.8 Å². The summed E-state index contributed by atoms with van der Waals surface area (Å²) in [5.74, 6) is 0.594. The molecule has 0 aromatic rings. The van der Waals surface area contributed by atoms with Gasteiger partial charge in [-0.2, -0.15) is 0 Å². The molecule has 0 bridgehead atoms. The molecule has 2 N–H and O–H groups in total. The molecule has 4 heteroatoms. The van der Waals surface area contributed by atoms with Crippen LogP contribution in [-0.4, -0.2) is 40.9 Å². The fourth-order valence-electron chi connectivity index (χ4n) is 3.10. The molecule has 1 heterocycles. The maximum Gasteiger partial charge on any atom is 0.139 e. The van der Waals surface area contributed by atoms with Crippen molar-refractivity contribution < 1.29 is 19.7 Å². The van der Waals surface area contributed by atoms with E-state index in [0.717, 1.165) is 36.8 Å². The van der Waals surface area contributed by atoms with Crippen molar-refractivity contribution in [2.75, 3.05) is 13.2 Å². The monoisotopic (exact) mass is 352 g/mol. The molecule has 0 radical (unpaired) electrons. The zero-order valence-corrected chi connectivity index (χ0v) is 16.4. The number of allylic oxidation sites excluding steroid dienone is 1. The van der Waals surface area contributed by atoms with Gasteiger partial charge in [0.05, 0.1) is 24.9 Å². The van der Waals surface area contributed by atoms with Crippen LogP contribution in [0.5, 0.6) is 0 Å². The number of Topliss-reactive ketones (excluding diaryl/α,β-unsaturated/α-hetero) is 1. The number of aliphatic hydroxyl groups is 2. The Hall–Kier alpha value is -0.970. The number of hydrogen-bond donors (Lipinski definition) is 2. The summed E-state index contributed by atoms with van der Waals surface area (Å²) in [6.45, 7) is 12.5. The number of carbonyl (C=O) groups excluding carboxylic acids is 1. The van der Waals surface area contributed by atoms with Gasteiger partial charge in [0.15, 0.2) is 0 Å². The Labute approximate surface area is 153 Å². The maximum absolute atomic E-state index is 12.3. The standard InChI is InChI=1S/C21H36O4/c1-15(2)17(4)13-19(23)16(3)7-6-11-21(5)20(24)9-8-18(10-12-22)14-25-21/h10,15-16,20,22,24H,4,6-9,11-14H2,1-3,5H3/b18-10+/t16?,20-,21?/m1/s1. The lowest BCUT2D eigenvalue weighted by atomic mass is 9.86. The van der Waals surface area contributed by atoms with Crippen molar-refractivity contribution in [1.29, 1.82) is 0 Å². The molecule has 0 aromatic heterocycles. The Morgan fingerprint density at radius 1 is 1.44 bits per heavy atom. The van der Waals surface area contributed by atoms with Gasteiger partial charge in [0.25, 0.3) is 0 Å². The van der Waals surface area contributed by atoms with E-state index >= 15 is 0 Å². The predicted molar refractivity (Wildman–Crippen MR) is 101 cm³/mol. The highest BCUT2D eigenvalue weighted by molar-refractivity contribution is 5.82. The summed E-state index contributed by atoms with van der Waals surface area (Å²) in [6, 6.07) is 0. The fourth-order valence-corrected chi connectivity index (χ4v) is 3.10. The van der Waals surface area contributed by atoms with Gasteiger partial charge in [-0.3, -0.25) is 4.79 Å². The quantitative estimate of drug-likeness (QED) is 0.619. The molecule has 0 saturated carbocycles. The van der Waals surface area contributed by atoms with E-state index in [0.29, 0.717) is 25.4 Å². The van der Waals surface area contributed by atoms with E-state index in [1.54, 1.807) is 6.08 Å². The smallest absolute Gasteiger partial charge is 0.139 e. The maximum atomic E-state index is 12.3. The minimum absolute atomic E-state index is 0.00636. The second kappa shape index (κ2) is 10.2. The molecule has 0 spiro atoms. The van der Waals surface area contributed by atoms with E-state index in [4.69, 9.17) is 9.84 Å². The Balaban J connectivity index is 2.49. The predicted octanol–water partition coefficient (Wildman–Crippen LogP) is 3.81. The van der Waals surface area contributed by atoms with Crippen LogP contribution in [0.25, 0.3) is 0 Å². The van der Waals surface area contributed by atoms with Gasteiger partial charge in [-0.25, -0.2) is 0 Å². The van der Waals surface area contributed by atoms with Crippen LogP contribution in [0.2, 0.25) is 0 Å². The average Bonchev–Trinajstić information content (AvgIpc) is 2.69. The molecule has 25 heavy (non-hydrogen) atoms. The second-order valence-electron chi connectivity index (χ2n) is 7.95. The topological polar surface area (TPSA) is 66.8 Å². The summed E-state index contributed by atoms with van der Waals surface area (Å²) in [4.78, 5) is 12.3. The third kappa shape index (κ3) is 7.04. The van der Waals surface area contributed by atoms with E-state index in [9.17, 15) is 9.90 Å². The number of ketones is 1. The molecule has 1 aliphatic rings. The van der Waals surface area contributed by atoms with E-state index < -0.39 is 11.7 Å². The van der Waals surface area contributed by atoms with Crippen molar-refractivity contribution in [1.82, 2.24) is 0 Å². The zero-order valence-electron chi connectivity index (χ0n) is 16.4. The highest BCUT2D eigenvalue weighted by atomic mass is 16.5. The van der Waals surface area contributed by atoms with Gasteiger partial charge >= 0.3 is 0 Å².